The summed E-state index contributed by atoms with van der Waals surface area (Å²) in [5.74, 6) is 0.563. The zero-order valence-corrected chi connectivity index (χ0v) is 9.65. The number of ketones is 1. The standard InChI is InChI=1S/C12H14N2O2/c1-8(15)9-4-10(6-13-5-9)11-14-12(2,3)7-16-11/h4-6H,7H2,1-3H3. The van der Waals surface area contributed by atoms with Gasteiger partial charge in [0.1, 0.15) is 6.61 Å². The van der Waals surface area contributed by atoms with E-state index >= 15 is 0 Å². The molecule has 1 aromatic heterocycles. The Morgan fingerprint density at radius 1 is 1.44 bits per heavy atom. The van der Waals surface area contributed by atoms with E-state index in [0.717, 1.165) is 5.56 Å². The van der Waals surface area contributed by atoms with E-state index in [1.807, 2.05) is 13.8 Å². The first-order chi connectivity index (χ1) is 7.48. The van der Waals surface area contributed by atoms with E-state index in [9.17, 15) is 4.79 Å². The Morgan fingerprint density at radius 3 is 2.75 bits per heavy atom. The quantitative estimate of drug-likeness (QED) is 0.712. The van der Waals surface area contributed by atoms with Gasteiger partial charge < -0.3 is 4.74 Å². The third kappa shape index (κ3) is 2.10. The Balaban J connectivity index is 2.35. The normalized spacial score (nSPS) is 17.8. The minimum Gasteiger partial charge on any atom is -0.475 e. The number of rotatable bonds is 2. The number of ether oxygens (including phenoxy) is 1. The van der Waals surface area contributed by atoms with E-state index in [2.05, 4.69) is 9.98 Å². The van der Waals surface area contributed by atoms with Crippen LogP contribution in [-0.4, -0.2) is 28.8 Å². The molecule has 0 bridgehead atoms. The maximum absolute atomic E-state index is 11.2. The molecule has 0 amide bonds. The zero-order chi connectivity index (χ0) is 11.8. The lowest BCUT2D eigenvalue weighted by atomic mass is 10.1. The van der Waals surface area contributed by atoms with Gasteiger partial charge in [-0.1, -0.05) is 0 Å². The Hall–Kier alpha value is -1.71. The number of carbonyl (C=O) groups excluding carboxylic acids is 1. The minimum atomic E-state index is -0.193. The van der Waals surface area contributed by atoms with E-state index in [-0.39, 0.29) is 11.3 Å². The van der Waals surface area contributed by atoms with Crippen molar-refractivity contribution in [2.45, 2.75) is 26.3 Å². The van der Waals surface area contributed by atoms with Crippen molar-refractivity contribution in [3.8, 4) is 0 Å². The van der Waals surface area contributed by atoms with Crippen LogP contribution in [0.2, 0.25) is 0 Å². The van der Waals surface area contributed by atoms with Gasteiger partial charge in [-0.15, -0.1) is 0 Å². The summed E-state index contributed by atoms with van der Waals surface area (Å²) in [5.41, 5.74) is 1.15. The average molecular weight is 218 g/mol. The first-order valence-electron chi connectivity index (χ1n) is 5.17. The lowest BCUT2D eigenvalue weighted by Crippen LogP contribution is -2.17. The average Bonchev–Trinajstić information content (AvgIpc) is 2.59. The molecule has 0 saturated carbocycles. The van der Waals surface area contributed by atoms with Gasteiger partial charge in [-0.25, -0.2) is 4.99 Å². The first-order valence-corrected chi connectivity index (χ1v) is 5.17. The van der Waals surface area contributed by atoms with E-state index in [4.69, 9.17) is 4.74 Å². The molecule has 0 radical (unpaired) electrons. The van der Waals surface area contributed by atoms with Gasteiger partial charge in [-0.3, -0.25) is 9.78 Å². The molecule has 1 aromatic rings. The maximum Gasteiger partial charge on any atom is 0.218 e. The molecular weight excluding hydrogens is 204 g/mol. The van der Waals surface area contributed by atoms with E-state index in [1.165, 1.54) is 6.92 Å². The first kappa shape index (κ1) is 10.8. The third-order valence-electron chi connectivity index (χ3n) is 2.36. The Morgan fingerprint density at radius 2 is 2.19 bits per heavy atom. The summed E-state index contributed by atoms with van der Waals surface area (Å²) >= 11 is 0. The van der Waals surface area contributed by atoms with Crippen molar-refractivity contribution in [3.63, 3.8) is 0 Å². The number of hydrogen-bond donors (Lipinski definition) is 0. The molecule has 4 heteroatoms. The van der Waals surface area contributed by atoms with Crippen molar-refractivity contribution in [2.24, 2.45) is 4.99 Å². The second-order valence-electron chi connectivity index (χ2n) is 4.54. The lowest BCUT2D eigenvalue weighted by molar-refractivity contribution is 0.101. The van der Waals surface area contributed by atoms with Crippen LogP contribution < -0.4 is 0 Å². The largest absolute Gasteiger partial charge is 0.475 e. The van der Waals surface area contributed by atoms with Gasteiger partial charge in [0.05, 0.1) is 11.1 Å². The Bertz CT molecular complexity index is 464. The molecule has 2 heterocycles. The SMILES string of the molecule is CC(=O)c1cncc(C2=NC(C)(C)CO2)c1. The fraction of sp³-hybridized carbons (Fsp3) is 0.417. The van der Waals surface area contributed by atoms with Gasteiger partial charge in [-0.05, 0) is 26.8 Å². The third-order valence-corrected chi connectivity index (χ3v) is 2.36. The molecule has 1 aliphatic heterocycles. The minimum absolute atomic E-state index is 0.00722. The highest BCUT2D eigenvalue weighted by Crippen LogP contribution is 2.20. The Kier molecular flexibility index (Phi) is 2.50. The summed E-state index contributed by atoms with van der Waals surface area (Å²) in [7, 11) is 0. The maximum atomic E-state index is 11.2. The topological polar surface area (TPSA) is 51.5 Å². The summed E-state index contributed by atoms with van der Waals surface area (Å²) < 4.78 is 5.49. The van der Waals surface area contributed by atoms with Gasteiger partial charge in [0, 0.05) is 18.0 Å². The van der Waals surface area contributed by atoms with E-state index < -0.39 is 0 Å². The highest BCUT2D eigenvalue weighted by atomic mass is 16.5. The second-order valence-corrected chi connectivity index (χ2v) is 4.54. The van der Waals surface area contributed by atoms with Gasteiger partial charge in [0.2, 0.25) is 5.90 Å². The van der Waals surface area contributed by atoms with Crippen LogP contribution in [0.5, 0.6) is 0 Å². The van der Waals surface area contributed by atoms with Crippen LogP contribution in [0.1, 0.15) is 36.7 Å². The molecule has 0 atom stereocenters. The Labute approximate surface area is 94.4 Å². The number of hydrogen-bond acceptors (Lipinski definition) is 4. The van der Waals surface area contributed by atoms with Crippen molar-refractivity contribution in [1.82, 2.24) is 4.98 Å². The molecule has 84 valence electrons. The predicted octanol–water partition coefficient (Wildman–Crippen LogP) is 1.84. The van der Waals surface area contributed by atoms with Crippen molar-refractivity contribution in [3.05, 3.63) is 29.6 Å². The van der Waals surface area contributed by atoms with Crippen molar-refractivity contribution in [2.75, 3.05) is 6.61 Å². The lowest BCUT2D eigenvalue weighted by Gasteiger charge is -2.07. The van der Waals surface area contributed by atoms with Gasteiger partial charge >= 0.3 is 0 Å². The van der Waals surface area contributed by atoms with Crippen molar-refractivity contribution in [1.29, 1.82) is 0 Å². The summed E-state index contributed by atoms with van der Waals surface area (Å²) in [6.07, 6.45) is 3.21. The summed E-state index contributed by atoms with van der Waals surface area (Å²) in [4.78, 5) is 19.7. The predicted molar refractivity (Wildman–Crippen MR) is 60.8 cm³/mol. The molecule has 16 heavy (non-hydrogen) atoms. The van der Waals surface area contributed by atoms with Gasteiger partial charge in [0.15, 0.2) is 5.78 Å². The summed E-state index contributed by atoms with van der Waals surface area (Å²) in [6.45, 7) is 6.08. The van der Waals surface area contributed by atoms with Gasteiger partial charge in [0.25, 0.3) is 0 Å². The summed E-state index contributed by atoms with van der Waals surface area (Å²) in [5, 5.41) is 0. The number of aromatic nitrogens is 1. The molecule has 0 aromatic carbocycles. The van der Waals surface area contributed by atoms with E-state index in [1.54, 1.807) is 18.5 Å². The number of pyridine rings is 1. The zero-order valence-electron chi connectivity index (χ0n) is 9.65. The molecule has 0 aliphatic carbocycles. The molecule has 0 fully saturated rings. The summed E-state index contributed by atoms with van der Waals surface area (Å²) in [6, 6.07) is 1.76. The molecular formula is C12H14N2O2. The smallest absolute Gasteiger partial charge is 0.218 e. The highest BCUT2D eigenvalue weighted by Gasteiger charge is 2.27. The monoisotopic (exact) mass is 218 g/mol. The van der Waals surface area contributed by atoms with Crippen LogP contribution in [-0.2, 0) is 4.74 Å². The van der Waals surface area contributed by atoms with Crippen LogP contribution in [0, 0.1) is 0 Å². The molecule has 0 saturated heterocycles. The molecule has 4 nitrogen and oxygen atoms in total. The van der Waals surface area contributed by atoms with Crippen molar-refractivity contribution >= 4 is 11.7 Å². The van der Waals surface area contributed by atoms with Crippen LogP contribution in [0.4, 0.5) is 0 Å². The fourth-order valence-corrected chi connectivity index (χ4v) is 1.48. The molecule has 1 aliphatic rings. The van der Waals surface area contributed by atoms with Crippen LogP contribution >= 0.6 is 0 Å². The number of carbonyl (C=O) groups is 1. The number of Topliss-reactive ketones (excluding diaryl/α,β-unsaturated/α-hetero) is 1. The number of nitrogens with zero attached hydrogens (tertiary/aromatic N) is 2. The molecule has 0 N–H and O–H groups in total. The van der Waals surface area contributed by atoms with Crippen LogP contribution in [0.15, 0.2) is 23.5 Å². The van der Waals surface area contributed by atoms with E-state index in [0.29, 0.717) is 18.1 Å². The number of aliphatic imine (C=N–C) groups is 1. The molecule has 0 spiro atoms. The molecule has 2 rings (SSSR count). The van der Waals surface area contributed by atoms with Crippen LogP contribution in [0.25, 0.3) is 0 Å². The fourth-order valence-electron chi connectivity index (χ4n) is 1.48. The van der Waals surface area contributed by atoms with Crippen molar-refractivity contribution < 1.29 is 9.53 Å². The van der Waals surface area contributed by atoms with Gasteiger partial charge in [-0.2, -0.15) is 0 Å². The van der Waals surface area contributed by atoms with Crippen LogP contribution in [0.3, 0.4) is 0 Å². The molecule has 0 unspecified atom stereocenters. The second kappa shape index (κ2) is 3.70. The highest BCUT2D eigenvalue weighted by molar-refractivity contribution is 5.99.